The summed E-state index contributed by atoms with van der Waals surface area (Å²) in [6, 6.07) is 6.46. The maximum atomic E-state index is 12.2. The number of hydrogen-bond donors (Lipinski definition) is 1. The number of piperazine rings is 1. The van der Waals surface area contributed by atoms with E-state index in [2.05, 4.69) is 49.2 Å². The molecule has 0 spiro atoms. The molecule has 1 aliphatic rings. The topological polar surface area (TPSA) is 35.6 Å². The molecule has 1 saturated heterocycles. The van der Waals surface area contributed by atoms with Gasteiger partial charge in [0.2, 0.25) is 5.91 Å². The first-order valence-electron chi connectivity index (χ1n) is 8.43. The minimum atomic E-state index is 0.233. The molecule has 0 bridgehead atoms. The number of carbonyl (C=O) groups excluding carboxylic acids is 1. The maximum Gasteiger partial charge on any atom is 0.236 e. The molecule has 0 aliphatic carbocycles. The number of hydrogen-bond acceptors (Lipinski definition) is 3. The van der Waals surface area contributed by atoms with Crippen LogP contribution in [-0.2, 0) is 4.79 Å². The van der Waals surface area contributed by atoms with Gasteiger partial charge in [-0.15, -0.1) is 0 Å². The quantitative estimate of drug-likeness (QED) is 0.819. The van der Waals surface area contributed by atoms with E-state index in [1.165, 1.54) is 16.8 Å². The molecule has 2 rings (SSSR count). The van der Waals surface area contributed by atoms with Crippen molar-refractivity contribution in [1.29, 1.82) is 0 Å². The summed E-state index contributed by atoms with van der Waals surface area (Å²) in [6.07, 6.45) is 2.30. The third-order valence-electron chi connectivity index (χ3n) is 4.53. The number of nitrogens with zero attached hydrogens (tertiary/aromatic N) is 2. The summed E-state index contributed by atoms with van der Waals surface area (Å²) in [6.45, 7) is 11.4. The zero-order valence-corrected chi connectivity index (χ0v) is 14.2. The highest BCUT2D eigenvalue weighted by Gasteiger charge is 2.21. The predicted octanol–water partition coefficient (Wildman–Crippen LogP) is 2.34. The van der Waals surface area contributed by atoms with Crippen LogP contribution in [0.15, 0.2) is 18.2 Å². The highest BCUT2D eigenvalue weighted by Crippen LogP contribution is 2.23. The van der Waals surface area contributed by atoms with E-state index in [-0.39, 0.29) is 5.91 Å². The standard InChI is InChI=1S/C18H29N3O/c1-4-5-9-19-14-18(22)21-12-10-20(11-13-21)17-8-6-7-15(2)16(17)3/h6-8,19H,4-5,9-14H2,1-3H3. The Bertz CT molecular complexity index is 493. The first-order chi connectivity index (χ1) is 10.6. The summed E-state index contributed by atoms with van der Waals surface area (Å²) in [4.78, 5) is 16.6. The van der Waals surface area contributed by atoms with Gasteiger partial charge < -0.3 is 15.1 Å². The number of aryl methyl sites for hydroxylation is 1. The molecule has 122 valence electrons. The Kier molecular flexibility index (Phi) is 6.25. The molecule has 0 aromatic heterocycles. The average Bonchev–Trinajstić information content (AvgIpc) is 2.54. The van der Waals surface area contributed by atoms with Crippen LogP contribution < -0.4 is 10.2 Å². The summed E-state index contributed by atoms with van der Waals surface area (Å²) >= 11 is 0. The molecule has 22 heavy (non-hydrogen) atoms. The second-order valence-electron chi connectivity index (χ2n) is 6.12. The lowest BCUT2D eigenvalue weighted by molar-refractivity contribution is -0.130. The first kappa shape index (κ1) is 16.8. The highest BCUT2D eigenvalue weighted by atomic mass is 16.2. The van der Waals surface area contributed by atoms with Crippen molar-refractivity contribution in [2.24, 2.45) is 0 Å². The Labute approximate surface area is 134 Å². The average molecular weight is 303 g/mol. The molecule has 1 aliphatic heterocycles. The number of anilines is 1. The molecule has 0 unspecified atom stereocenters. The highest BCUT2D eigenvalue weighted by molar-refractivity contribution is 5.78. The summed E-state index contributed by atoms with van der Waals surface area (Å²) in [5.41, 5.74) is 3.99. The van der Waals surface area contributed by atoms with E-state index in [1.807, 2.05) is 4.90 Å². The molecule has 1 fully saturated rings. The van der Waals surface area contributed by atoms with Gasteiger partial charge in [0.05, 0.1) is 6.54 Å². The maximum absolute atomic E-state index is 12.2. The first-order valence-corrected chi connectivity index (χ1v) is 8.43. The molecule has 0 radical (unpaired) electrons. The number of benzene rings is 1. The minimum absolute atomic E-state index is 0.233. The molecule has 1 aromatic rings. The summed E-state index contributed by atoms with van der Waals surface area (Å²) in [5.74, 6) is 0.233. The van der Waals surface area contributed by atoms with Crippen molar-refractivity contribution in [2.75, 3.05) is 44.2 Å². The van der Waals surface area contributed by atoms with Gasteiger partial charge in [-0.05, 0) is 44.0 Å². The van der Waals surface area contributed by atoms with Crippen molar-refractivity contribution < 1.29 is 4.79 Å². The second-order valence-corrected chi connectivity index (χ2v) is 6.12. The fourth-order valence-corrected chi connectivity index (χ4v) is 2.88. The van der Waals surface area contributed by atoms with Gasteiger partial charge in [0.15, 0.2) is 0 Å². The van der Waals surface area contributed by atoms with E-state index in [9.17, 15) is 4.79 Å². The third-order valence-corrected chi connectivity index (χ3v) is 4.53. The fourth-order valence-electron chi connectivity index (χ4n) is 2.88. The molecular formula is C18H29N3O. The van der Waals surface area contributed by atoms with Gasteiger partial charge in [-0.3, -0.25) is 4.79 Å². The van der Waals surface area contributed by atoms with Crippen molar-refractivity contribution in [2.45, 2.75) is 33.6 Å². The van der Waals surface area contributed by atoms with Crippen LogP contribution in [0, 0.1) is 13.8 Å². The van der Waals surface area contributed by atoms with Crippen LogP contribution >= 0.6 is 0 Å². The van der Waals surface area contributed by atoms with Crippen LogP contribution in [0.25, 0.3) is 0 Å². The monoisotopic (exact) mass is 303 g/mol. The van der Waals surface area contributed by atoms with Crippen LogP contribution in [0.2, 0.25) is 0 Å². The van der Waals surface area contributed by atoms with Gasteiger partial charge in [0.1, 0.15) is 0 Å². The lowest BCUT2D eigenvalue weighted by atomic mass is 10.1. The normalized spacial score (nSPS) is 15.2. The Morgan fingerprint density at radius 2 is 1.91 bits per heavy atom. The largest absolute Gasteiger partial charge is 0.368 e. The zero-order valence-electron chi connectivity index (χ0n) is 14.2. The molecule has 1 amide bonds. The molecule has 0 atom stereocenters. The molecule has 4 nitrogen and oxygen atoms in total. The Balaban J connectivity index is 1.82. The van der Waals surface area contributed by atoms with Crippen molar-refractivity contribution in [3.63, 3.8) is 0 Å². The number of amides is 1. The van der Waals surface area contributed by atoms with Crippen LogP contribution in [0.4, 0.5) is 5.69 Å². The van der Waals surface area contributed by atoms with Gasteiger partial charge in [0.25, 0.3) is 0 Å². The van der Waals surface area contributed by atoms with Crippen molar-refractivity contribution in [1.82, 2.24) is 10.2 Å². The van der Waals surface area contributed by atoms with Crippen LogP contribution in [-0.4, -0.2) is 50.1 Å². The molecule has 1 N–H and O–H groups in total. The van der Waals surface area contributed by atoms with Crippen LogP contribution in [0.1, 0.15) is 30.9 Å². The fraction of sp³-hybridized carbons (Fsp3) is 0.611. The van der Waals surface area contributed by atoms with E-state index < -0.39 is 0 Å². The molecule has 1 heterocycles. The SMILES string of the molecule is CCCCNCC(=O)N1CCN(c2cccc(C)c2C)CC1. The van der Waals surface area contributed by atoms with Crippen LogP contribution in [0.3, 0.4) is 0 Å². The summed E-state index contributed by atoms with van der Waals surface area (Å²) < 4.78 is 0. The summed E-state index contributed by atoms with van der Waals surface area (Å²) in [7, 11) is 0. The molecule has 1 aromatic carbocycles. The zero-order chi connectivity index (χ0) is 15.9. The van der Waals surface area contributed by atoms with Gasteiger partial charge >= 0.3 is 0 Å². The number of rotatable bonds is 6. The van der Waals surface area contributed by atoms with E-state index in [0.717, 1.165) is 45.6 Å². The Morgan fingerprint density at radius 1 is 1.18 bits per heavy atom. The molecule has 4 heteroatoms. The number of carbonyl (C=O) groups is 1. The van der Waals surface area contributed by atoms with Gasteiger partial charge in [-0.2, -0.15) is 0 Å². The van der Waals surface area contributed by atoms with Crippen LogP contribution in [0.5, 0.6) is 0 Å². The lowest BCUT2D eigenvalue weighted by Gasteiger charge is -2.37. The van der Waals surface area contributed by atoms with Crippen molar-refractivity contribution in [3.8, 4) is 0 Å². The smallest absolute Gasteiger partial charge is 0.236 e. The number of unbranched alkanes of at least 4 members (excludes halogenated alkanes) is 1. The van der Waals surface area contributed by atoms with E-state index in [0.29, 0.717) is 6.54 Å². The molecule has 0 saturated carbocycles. The van der Waals surface area contributed by atoms with E-state index >= 15 is 0 Å². The Morgan fingerprint density at radius 3 is 2.59 bits per heavy atom. The van der Waals surface area contributed by atoms with Crippen molar-refractivity contribution >= 4 is 11.6 Å². The van der Waals surface area contributed by atoms with Crippen molar-refractivity contribution in [3.05, 3.63) is 29.3 Å². The van der Waals surface area contributed by atoms with E-state index in [1.54, 1.807) is 0 Å². The van der Waals surface area contributed by atoms with Gasteiger partial charge in [-0.1, -0.05) is 25.5 Å². The van der Waals surface area contributed by atoms with E-state index in [4.69, 9.17) is 0 Å². The van der Waals surface area contributed by atoms with Gasteiger partial charge in [-0.25, -0.2) is 0 Å². The molecular weight excluding hydrogens is 274 g/mol. The Hall–Kier alpha value is -1.55. The predicted molar refractivity (Wildman–Crippen MR) is 92.5 cm³/mol. The lowest BCUT2D eigenvalue weighted by Crippen LogP contribution is -2.51. The second kappa shape index (κ2) is 8.18. The minimum Gasteiger partial charge on any atom is -0.368 e. The summed E-state index contributed by atoms with van der Waals surface area (Å²) in [5, 5.41) is 3.24. The third kappa shape index (κ3) is 4.23. The number of nitrogens with one attached hydrogen (secondary N) is 1. The van der Waals surface area contributed by atoms with Gasteiger partial charge in [0, 0.05) is 31.9 Å².